The number of aromatic nitrogens is 2. The van der Waals surface area contributed by atoms with E-state index in [4.69, 9.17) is 16.0 Å². The molecule has 1 saturated heterocycles. The van der Waals surface area contributed by atoms with Crippen molar-refractivity contribution in [2.24, 2.45) is 5.92 Å². The van der Waals surface area contributed by atoms with Gasteiger partial charge in [-0.1, -0.05) is 23.7 Å². The number of nitrogens with zero attached hydrogens (tertiary/aromatic N) is 3. The van der Waals surface area contributed by atoms with Crippen LogP contribution in [0.5, 0.6) is 5.75 Å². The molecule has 2 N–H and O–H groups in total. The molecule has 0 unspecified atom stereocenters. The number of halogens is 1. The van der Waals surface area contributed by atoms with E-state index in [-0.39, 0.29) is 17.6 Å². The van der Waals surface area contributed by atoms with E-state index in [0.717, 1.165) is 31.5 Å². The van der Waals surface area contributed by atoms with Crippen LogP contribution in [-0.4, -0.2) is 39.2 Å². The normalized spacial score (nSPS) is 15.3. The summed E-state index contributed by atoms with van der Waals surface area (Å²) < 4.78 is 5.76. The van der Waals surface area contributed by atoms with Crippen molar-refractivity contribution in [1.29, 1.82) is 0 Å². The average molecular weight is 413 g/mol. The molecule has 1 fully saturated rings. The summed E-state index contributed by atoms with van der Waals surface area (Å²) in [4.78, 5) is 14.7. The highest BCUT2D eigenvalue weighted by molar-refractivity contribution is 6.30. The van der Waals surface area contributed by atoms with E-state index < -0.39 is 0 Å². The number of phenolic OH excluding ortho intramolecular Hbond substituents is 1. The highest BCUT2D eigenvalue weighted by Crippen LogP contribution is 2.26. The number of anilines is 1. The van der Waals surface area contributed by atoms with E-state index in [1.54, 1.807) is 36.4 Å². The molecule has 2 aromatic carbocycles. The van der Waals surface area contributed by atoms with Gasteiger partial charge in [-0.15, -0.1) is 10.2 Å². The molecular weight excluding hydrogens is 392 g/mol. The molecule has 1 aromatic heterocycles. The molecule has 4 rings (SSSR count). The molecule has 3 aromatic rings. The number of carbonyl (C=O) groups excluding carboxylic acids is 1. The number of carbonyl (C=O) groups is 1. The zero-order valence-corrected chi connectivity index (χ0v) is 16.5. The van der Waals surface area contributed by atoms with Crippen LogP contribution in [0, 0.1) is 5.92 Å². The highest BCUT2D eigenvalue weighted by Gasteiger charge is 2.26. The molecule has 2 heterocycles. The van der Waals surface area contributed by atoms with Gasteiger partial charge >= 0.3 is 0 Å². The number of benzene rings is 2. The Morgan fingerprint density at radius 2 is 1.86 bits per heavy atom. The van der Waals surface area contributed by atoms with Crippen LogP contribution in [0.15, 0.2) is 52.9 Å². The number of phenols is 1. The Labute approximate surface area is 173 Å². The van der Waals surface area contributed by atoms with Gasteiger partial charge in [0.25, 0.3) is 0 Å². The molecule has 7 nitrogen and oxygen atoms in total. The summed E-state index contributed by atoms with van der Waals surface area (Å²) in [6.07, 6.45) is 1.47. The Balaban J connectivity index is 1.29. The summed E-state index contributed by atoms with van der Waals surface area (Å²) in [6, 6.07) is 14.0. The number of piperidine rings is 1. The predicted octanol–water partition coefficient (Wildman–Crippen LogP) is 3.95. The fourth-order valence-electron chi connectivity index (χ4n) is 3.39. The lowest BCUT2D eigenvalue weighted by atomic mass is 9.96. The summed E-state index contributed by atoms with van der Waals surface area (Å²) in [7, 11) is 0. The van der Waals surface area contributed by atoms with Crippen molar-refractivity contribution in [2.75, 3.05) is 18.4 Å². The number of hydrogen-bond donors (Lipinski definition) is 2. The van der Waals surface area contributed by atoms with E-state index in [2.05, 4.69) is 20.4 Å². The Morgan fingerprint density at radius 3 is 2.59 bits per heavy atom. The smallest absolute Gasteiger partial charge is 0.247 e. The lowest BCUT2D eigenvalue weighted by Gasteiger charge is -2.30. The van der Waals surface area contributed by atoms with Gasteiger partial charge in [-0.3, -0.25) is 9.69 Å². The first-order chi connectivity index (χ1) is 14.1. The van der Waals surface area contributed by atoms with Crippen molar-refractivity contribution in [2.45, 2.75) is 19.4 Å². The predicted molar refractivity (Wildman–Crippen MR) is 109 cm³/mol. The Bertz CT molecular complexity index is 982. The number of nitrogens with one attached hydrogen (secondary N) is 1. The molecule has 1 amide bonds. The minimum atomic E-state index is -0.0850. The van der Waals surface area contributed by atoms with Crippen LogP contribution in [-0.2, 0) is 11.3 Å². The van der Waals surface area contributed by atoms with Gasteiger partial charge in [-0.2, -0.15) is 0 Å². The molecule has 0 saturated carbocycles. The van der Waals surface area contributed by atoms with Gasteiger partial charge < -0.3 is 14.8 Å². The van der Waals surface area contributed by atoms with Crippen molar-refractivity contribution in [3.63, 3.8) is 0 Å². The number of rotatable bonds is 5. The van der Waals surface area contributed by atoms with E-state index in [1.807, 2.05) is 12.1 Å². The van der Waals surface area contributed by atoms with E-state index in [9.17, 15) is 9.90 Å². The van der Waals surface area contributed by atoms with E-state index in [1.165, 1.54) is 0 Å². The maximum atomic E-state index is 12.5. The maximum absolute atomic E-state index is 12.5. The first-order valence-corrected chi connectivity index (χ1v) is 9.86. The van der Waals surface area contributed by atoms with Crippen LogP contribution in [0.4, 0.5) is 5.69 Å². The highest BCUT2D eigenvalue weighted by atomic mass is 35.5. The van der Waals surface area contributed by atoms with Crippen molar-refractivity contribution >= 4 is 23.2 Å². The molecule has 150 valence electrons. The zero-order valence-electron chi connectivity index (χ0n) is 15.7. The first-order valence-electron chi connectivity index (χ1n) is 9.48. The van der Waals surface area contributed by atoms with Crippen molar-refractivity contribution < 1.29 is 14.3 Å². The Morgan fingerprint density at radius 1 is 1.14 bits per heavy atom. The minimum absolute atomic E-state index is 0.0611. The largest absolute Gasteiger partial charge is 0.506 e. The second kappa shape index (κ2) is 8.63. The molecule has 0 bridgehead atoms. The third kappa shape index (κ3) is 4.75. The fraction of sp³-hybridized carbons (Fsp3) is 0.286. The number of para-hydroxylation sites is 2. The lowest BCUT2D eigenvalue weighted by molar-refractivity contribution is -0.121. The second-order valence-corrected chi connectivity index (χ2v) is 7.50. The third-order valence-electron chi connectivity index (χ3n) is 5.04. The van der Waals surface area contributed by atoms with Crippen molar-refractivity contribution in [3.8, 4) is 17.2 Å². The van der Waals surface area contributed by atoms with Gasteiger partial charge in [-0.25, -0.2) is 0 Å². The Kier molecular flexibility index (Phi) is 5.78. The van der Waals surface area contributed by atoms with Crippen LogP contribution in [0.25, 0.3) is 11.5 Å². The molecule has 0 aliphatic carbocycles. The van der Waals surface area contributed by atoms with Gasteiger partial charge in [0.15, 0.2) is 0 Å². The maximum Gasteiger partial charge on any atom is 0.247 e. The minimum Gasteiger partial charge on any atom is -0.506 e. The van der Waals surface area contributed by atoms with E-state index >= 15 is 0 Å². The van der Waals surface area contributed by atoms with Gasteiger partial charge in [0.05, 0.1) is 12.2 Å². The SMILES string of the molecule is O=C(Nc1ccccc1O)C1CCN(Cc2nnc(-c3ccc(Cl)cc3)o2)CC1. The summed E-state index contributed by atoms with van der Waals surface area (Å²) in [5, 5.41) is 21.5. The first kappa shape index (κ1) is 19.4. The average Bonchev–Trinajstić information content (AvgIpc) is 3.19. The summed E-state index contributed by atoms with van der Waals surface area (Å²) in [5.41, 5.74) is 1.27. The molecule has 0 spiro atoms. The van der Waals surface area contributed by atoms with Crippen LogP contribution in [0.2, 0.25) is 5.02 Å². The fourth-order valence-corrected chi connectivity index (χ4v) is 3.51. The summed E-state index contributed by atoms with van der Waals surface area (Å²) >= 11 is 5.91. The van der Waals surface area contributed by atoms with Crippen LogP contribution in [0.3, 0.4) is 0 Å². The van der Waals surface area contributed by atoms with Gasteiger partial charge in [0, 0.05) is 16.5 Å². The molecule has 8 heteroatoms. The molecular formula is C21H21ClN4O3. The molecule has 29 heavy (non-hydrogen) atoms. The molecule has 0 radical (unpaired) electrons. The Hall–Kier alpha value is -2.90. The number of likely N-dealkylation sites (tertiary alicyclic amines) is 1. The molecule has 0 atom stereocenters. The molecule has 1 aliphatic heterocycles. The monoisotopic (exact) mass is 412 g/mol. The van der Waals surface area contributed by atoms with Crippen molar-refractivity contribution in [1.82, 2.24) is 15.1 Å². The second-order valence-electron chi connectivity index (χ2n) is 7.06. The lowest BCUT2D eigenvalue weighted by Crippen LogP contribution is -2.37. The topological polar surface area (TPSA) is 91.5 Å². The van der Waals surface area contributed by atoms with Crippen LogP contribution >= 0.6 is 11.6 Å². The number of aromatic hydroxyl groups is 1. The van der Waals surface area contributed by atoms with Crippen LogP contribution < -0.4 is 5.32 Å². The number of hydrogen-bond acceptors (Lipinski definition) is 6. The number of amides is 1. The van der Waals surface area contributed by atoms with Gasteiger partial charge in [-0.05, 0) is 62.3 Å². The summed E-state index contributed by atoms with van der Waals surface area (Å²) in [6.45, 7) is 2.07. The quantitative estimate of drug-likeness (QED) is 0.616. The standard InChI is InChI=1S/C21H21ClN4O3/c22-16-7-5-15(6-8-16)21-25-24-19(29-21)13-26-11-9-14(10-12-26)20(28)23-17-3-1-2-4-18(17)27/h1-8,14,27H,9-13H2,(H,23,28). The summed E-state index contributed by atoms with van der Waals surface area (Å²) in [5.74, 6) is 0.943. The molecule has 1 aliphatic rings. The van der Waals surface area contributed by atoms with E-state index in [0.29, 0.717) is 29.0 Å². The zero-order chi connectivity index (χ0) is 20.2. The van der Waals surface area contributed by atoms with Gasteiger partial charge in [0.1, 0.15) is 5.75 Å². The van der Waals surface area contributed by atoms with Gasteiger partial charge in [0.2, 0.25) is 17.7 Å². The van der Waals surface area contributed by atoms with Crippen molar-refractivity contribution in [3.05, 3.63) is 59.4 Å². The third-order valence-corrected chi connectivity index (χ3v) is 5.29. The van der Waals surface area contributed by atoms with Crippen LogP contribution in [0.1, 0.15) is 18.7 Å².